The van der Waals surface area contributed by atoms with Crippen LogP contribution in [0.2, 0.25) is 5.02 Å². The van der Waals surface area contributed by atoms with Gasteiger partial charge < -0.3 is 15.2 Å². The quantitative estimate of drug-likeness (QED) is 0.274. The van der Waals surface area contributed by atoms with Gasteiger partial charge in [0.05, 0.1) is 0 Å². The Morgan fingerprint density at radius 2 is 1.83 bits per heavy atom. The molecule has 0 saturated heterocycles. The number of imidazole rings is 1. The van der Waals surface area contributed by atoms with Crippen molar-refractivity contribution in [2.45, 2.75) is 26.4 Å². The minimum atomic E-state index is 0. The van der Waals surface area contributed by atoms with Crippen molar-refractivity contribution < 1.29 is 0 Å². The van der Waals surface area contributed by atoms with Gasteiger partial charge in [0.1, 0.15) is 5.82 Å². The zero-order chi connectivity index (χ0) is 19.8. The van der Waals surface area contributed by atoms with Crippen LogP contribution in [-0.4, -0.2) is 29.1 Å². The van der Waals surface area contributed by atoms with E-state index in [4.69, 9.17) is 11.6 Å². The van der Waals surface area contributed by atoms with E-state index < -0.39 is 0 Å². The predicted octanol–water partition coefficient (Wildman–Crippen LogP) is 4.42. The summed E-state index contributed by atoms with van der Waals surface area (Å²) in [6.45, 7) is 4.35. The number of aromatic nitrogens is 2. The van der Waals surface area contributed by atoms with Crippen molar-refractivity contribution >= 4 is 41.5 Å². The van der Waals surface area contributed by atoms with E-state index in [1.807, 2.05) is 37.5 Å². The van der Waals surface area contributed by atoms with Crippen LogP contribution in [0.4, 0.5) is 0 Å². The van der Waals surface area contributed by atoms with Crippen LogP contribution in [0.15, 0.2) is 65.9 Å². The van der Waals surface area contributed by atoms with Gasteiger partial charge in [0.2, 0.25) is 0 Å². The molecule has 1 heterocycles. The Hall–Kier alpha value is -2.06. The highest BCUT2D eigenvalue weighted by molar-refractivity contribution is 14.0. The summed E-state index contributed by atoms with van der Waals surface area (Å²) in [5.74, 6) is 1.81. The molecule has 0 saturated carbocycles. The normalized spacial score (nSPS) is 11.1. The third-order valence-electron chi connectivity index (χ3n) is 4.55. The van der Waals surface area contributed by atoms with E-state index in [2.05, 4.69) is 55.5 Å². The minimum absolute atomic E-state index is 0. The number of aliphatic imine (C=N–C) groups is 1. The lowest BCUT2D eigenvalue weighted by atomic mass is 10.1. The molecule has 0 fully saturated rings. The number of benzene rings is 2. The molecule has 3 aromatic rings. The molecular weight excluding hydrogens is 497 g/mol. The van der Waals surface area contributed by atoms with Crippen LogP contribution in [0.1, 0.15) is 22.5 Å². The van der Waals surface area contributed by atoms with Gasteiger partial charge >= 0.3 is 0 Å². The lowest BCUT2D eigenvalue weighted by molar-refractivity contribution is 0.757. The number of nitrogens with one attached hydrogen (secondary N) is 2. The summed E-state index contributed by atoms with van der Waals surface area (Å²) in [6.07, 6.45) is 4.73. The summed E-state index contributed by atoms with van der Waals surface area (Å²) in [6, 6.07) is 16.5. The zero-order valence-corrected chi connectivity index (χ0v) is 19.8. The summed E-state index contributed by atoms with van der Waals surface area (Å²) in [5.41, 5.74) is 3.68. The number of rotatable bonds is 7. The Morgan fingerprint density at radius 3 is 2.55 bits per heavy atom. The average Bonchev–Trinajstić information content (AvgIpc) is 3.09. The predicted molar refractivity (Wildman–Crippen MR) is 131 cm³/mol. The lowest BCUT2D eigenvalue weighted by Gasteiger charge is -2.13. The Labute approximate surface area is 194 Å². The molecule has 154 valence electrons. The molecule has 29 heavy (non-hydrogen) atoms. The second-order valence-electron chi connectivity index (χ2n) is 6.65. The van der Waals surface area contributed by atoms with E-state index >= 15 is 0 Å². The number of halogens is 2. The Bertz CT molecular complexity index is 938. The summed E-state index contributed by atoms with van der Waals surface area (Å²) >= 11 is 6.04. The van der Waals surface area contributed by atoms with Crippen LogP contribution in [0.5, 0.6) is 0 Å². The second-order valence-corrected chi connectivity index (χ2v) is 7.09. The fraction of sp³-hybridized carbons (Fsp3) is 0.273. The molecular formula is C22H27ClIN5. The number of guanidine groups is 1. The van der Waals surface area contributed by atoms with Crippen molar-refractivity contribution in [2.75, 3.05) is 13.6 Å². The fourth-order valence-electron chi connectivity index (χ4n) is 3.03. The lowest BCUT2D eigenvalue weighted by Crippen LogP contribution is -2.37. The molecule has 0 atom stereocenters. The fourth-order valence-corrected chi connectivity index (χ4v) is 3.24. The molecule has 0 bridgehead atoms. The Balaban J connectivity index is 0.00000300. The number of nitrogens with zero attached hydrogens (tertiary/aromatic N) is 3. The van der Waals surface area contributed by atoms with Crippen molar-refractivity contribution in [2.24, 2.45) is 4.99 Å². The van der Waals surface area contributed by atoms with E-state index in [1.165, 1.54) is 16.7 Å². The average molecular weight is 524 g/mol. The largest absolute Gasteiger partial charge is 0.356 e. The van der Waals surface area contributed by atoms with Crippen LogP contribution in [0.3, 0.4) is 0 Å². The maximum atomic E-state index is 6.04. The van der Waals surface area contributed by atoms with E-state index in [0.29, 0.717) is 6.54 Å². The molecule has 0 aliphatic rings. The van der Waals surface area contributed by atoms with Crippen molar-refractivity contribution in [3.63, 3.8) is 0 Å². The van der Waals surface area contributed by atoms with Gasteiger partial charge in [0, 0.05) is 44.1 Å². The van der Waals surface area contributed by atoms with Crippen LogP contribution >= 0.6 is 35.6 Å². The van der Waals surface area contributed by atoms with E-state index in [9.17, 15) is 0 Å². The molecule has 5 nitrogen and oxygen atoms in total. The SMILES string of the molecule is CN=C(NCCc1cccc(Cl)c1)NCc1cccc(Cn2ccnc2C)c1.I. The van der Waals surface area contributed by atoms with Gasteiger partial charge in [-0.05, 0) is 42.2 Å². The first-order valence-corrected chi connectivity index (χ1v) is 9.76. The minimum Gasteiger partial charge on any atom is -0.356 e. The highest BCUT2D eigenvalue weighted by atomic mass is 127. The summed E-state index contributed by atoms with van der Waals surface area (Å²) < 4.78 is 2.14. The molecule has 1 aromatic heterocycles. The summed E-state index contributed by atoms with van der Waals surface area (Å²) in [7, 11) is 1.78. The Morgan fingerprint density at radius 1 is 1.07 bits per heavy atom. The topological polar surface area (TPSA) is 54.2 Å². The third-order valence-corrected chi connectivity index (χ3v) is 4.78. The van der Waals surface area contributed by atoms with E-state index in [1.54, 1.807) is 7.05 Å². The van der Waals surface area contributed by atoms with Gasteiger partial charge in [0.15, 0.2) is 5.96 Å². The van der Waals surface area contributed by atoms with Gasteiger partial charge in [0.25, 0.3) is 0 Å². The summed E-state index contributed by atoms with van der Waals surface area (Å²) in [4.78, 5) is 8.58. The molecule has 3 rings (SSSR count). The van der Waals surface area contributed by atoms with Crippen LogP contribution in [0.25, 0.3) is 0 Å². The number of hydrogen-bond acceptors (Lipinski definition) is 2. The number of hydrogen-bond donors (Lipinski definition) is 2. The van der Waals surface area contributed by atoms with Crippen LogP contribution in [0, 0.1) is 6.92 Å². The van der Waals surface area contributed by atoms with Crippen LogP contribution < -0.4 is 10.6 Å². The molecule has 0 aliphatic carbocycles. The monoisotopic (exact) mass is 523 g/mol. The molecule has 0 amide bonds. The highest BCUT2D eigenvalue weighted by Crippen LogP contribution is 2.11. The van der Waals surface area contributed by atoms with Gasteiger partial charge in [-0.15, -0.1) is 24.0 Å². The molecule has 2 N–H and O–H groups in total. The maximum absolute atomic E-state index is 6.04. The maximum Gasteiger partial charge on any atom is 0.191 e. The van der Waals surface area contributed by atoms with Crippen molar-refractivity contribution in [3.8, 4) is 0 Å². The first-order chi connectivity index (χ1) is 13.6. The van der Waals surface area contributed by atoms with Gasteiger partial charge in [-0.25, -0.2) is 4.98 Å². The van der Waals surface area contributed by atoms with E-state index in [0.717, 1.165) is 36.3 Å². The van der Waals surface area contributed by atoms with E-state index in [-0.39, 0.29) is 24.0 Å². The Kier molecular flexibility index (Phi) is 9.47. The molecule has 7 heteroatoms. The second kappa shape index (κ2) is 11.8. The third kappa shape index (κ3) is 7.36. The van der Waals surface area contributed by atoms with Crippen LogP contribution in [-0.2, 0) is 19.5 Å². The molecule has 0 radical (unpaired) electrons. The summed E-state index contributed by atoms with van der Waals surface area (Å²) in [5, 5.41) is 7.49. The first-order valence-electron chi connectivity index (χ1n) is 9.38. The molecule has 2 aromatic carbocycles. The molecule has 0 unspecified atom stereocenters. The zero-order valence-electron chi connectivity index (χ0n) is 16.7. The molecule has 0 aliphatic heterocycles. The molecule has 0 spiro atoms. The standard InChI is InChI=1S/C22H26ClN5.HI/c1-17-25-11-12-28(17)16-20-7-3-6-19(13-20)15-27-22(24-2)26-10-9-18-5-4-8-21(23)14-18;/h3-8,11-14H,9-10,15-16H2,1-2H3,(H2,24,26,27);1H. The number of aryl methyl sites for hydroxylation is 1. The smallest absolute Gasteiger partial charge is 0.191 e. The highest BCUT2D eigenvalue weighted by Gasteiger charge is 2.02. The van der Waals surface area contributed by atoms with Crippen molar-refractivity contribution in [3.05, 3.63) is 88.5 Å². The van der Waals surface area contributed by atoms with Crippen molar-refractivity contribution in [1.82, 2.24) is 20.2 Å². The van der Waals surface area contributed by atoms with Crippen molar-refractivity contribution in [1.29, 1.82) is 0 Å². The van der Waals surface area contributed by atoms with Gasteiger partial charge in [-0.2, -0.15) is 0 Å². The first kappa shape index (κ1) is 23.2. The van der Waals surface area contributed by atoms with Gasteiger partial charge in [-0.3, -0.25) is 4.99 Å². The van der Waals surface area contributed by atoms with Gasteiger partial charge in [-0.1, -0.05) is 48.0 Å².